The van der Waals surface area contributed by atoms with E-state index in [2.05, 4.69) is 5.32 Å². The number of carboxylic acid groups (broad SMARTS) is 1. The Morgan fingerprint density at radius 2 is 1.83 bits per heavy atom. The molecule has 1 aromatic carbocycles. The highest BCUT2D eigenvalue weighted by Crippen LogP contribution is 2.39. The SMILES string of the molecule is CCOC(=O)c1c(-c2ccc(C)cc2C)csc1NC(=O)[C@@H]1CCCC[C@@H]1C(=O)O. The zero-order chi connectivity index (χ0) is 21.8. The average molecular weight is 430 g/mol. The molecule has 0 bridgehead atoms. The number of hydrogen-bond donors (Lipinski definition) is 2. The maximum Gasteiger partial charge on any atom is 0.341 e. The van der Waals surface area contributed by atoms with Crippen LogP contribution in [0.5, 0.6) is 0 Å². The Hall–Kier alpha value is -2.67. The van der Waals surface area contributed by atoms with Gasteiger partial charge in [0.25, 0.3) is 0 Å². The van der Waals surface area contributed by atoms with Crippen LogP contribution in [0, 0.1) is 25.7 Å². The molecule has 0 spiro atoms. The van der Waals surface area contributed by atoms with Crippen molar-refractivity contribution in [3.63, 3.8) is 0 Å². The van der Waals surface area contributed by atoms with Gasteiger partial charge in [-0.15, -0.1) is 11.3 Å². The third-order valence-corrected chi connectivity index (χ3v) is 6.49. The summed E-state index contributed by atoms with van der Waals surface area (Å²) < 4.78 is 5.26. The maximum atomic E-state index is 13.0. The Morgan fingerprint density at radius 1 is 1.13 bits per heavy atom. The Bertz CT molecular complexity index is 964. The second-order valence-electron chi connectivity index (χ2n) is 7.72. The van der Waals surface area contributed by atoms with Crippen molar-refractivity contribution in [2.75, 3.05) is 11.9 Å². The largest absolute Gasteiger partial charge is 0.481 e. The van der Waals surface area contributed by atoms with E-state index in [-0.39, 0.29) is 12.5 Å². The summed E-state index contributed by atoms with van der Waals surface area (Å²) in [5.41, 5.74) is 4.08. The van der Waals surface area contributed by atoms with Crippen molar-refractivity contribution in [2.45, 2.75) is 46.5 Å². The van der Waals surface area contributed by atoms with Gasteiger partial charge in [0.15, 0.2) is 0 Å². The van der Waals surface area contributed by atoms with Gasteiger partial charge in [-0.05, 0) is 44.7 Å². The molecule has 0 unspecified atom stereocenters. The van der Waals surface area contributed by atoms with Gasteiger partial charge in [0.05, 0.1) is 18.4 Å². The number of aliphatic carboxylic acids is 1. The maximum absolute atomic E-state index is 13.0. The van der Waals surface area contributed by atoms with E-state index >= 15 is 0 Å². The quantitative estimate of drug-likeness (QED) is 0.628. The highest BCUT2D eigenvalue weighted by molar-refractivity contribution is 7.15. The van der Waals surface area contributed by atoms with Gasteiger partial charge in [0.2, 0.25) is 5.91 Å². The Balaban J connectivity index is 1.96. The molecule has 7 heteroatoms. The smallest absolute Gasteiger partial charge is 0.341 e. The predicted octanol–water partition coefficient (Wildman–Crippen LogP) is 5.04. The fourth-order valence-electron chi connectivity index (χ4n) is 4.11. The summed E-state index contributed by atoms with van der Waals surface area (Å²) in [7, 11) is 0. The van der Waals surface area contributed by atoms with Crippen molar-refractivity contribution < 1.29 is 24.2 Å². The van der Waals surface area contributed by atoms with Crippen molar-refractivity contribution in [3.05, 3.63) is 40.3 Å². The number of amides is 1. The molecule has 1 heterocycles. The lowest BCUT2D eigenvalue weighted by Gasteiger charge is -2.27. The van der Waals surface area contributed by atoms with Crippen molar-refractivity contribution in [3.8, 4) is 11.1 Å². The molecule has 1 amide bonds. The zero-order valence-corrected chi connectivity index (χ0v) is 18.3. The van der Waals surface area contributed by atoms with Crippen LogP contribution in [-0.4, -0.2) is 29.6 Å². The fourth-order valence-corrected chi connectivity index (χ4v) is 5.07. The molecule has 0 aliphatic heterocycles. The number of esters is 1. The van der Waals surface area contributed by atoms with Gasteiger partial charge in [-0.3, -0.25) is 9.59 Å². The summed E-state index contributed by atoms with van der Waals surface area (Å²) in [6.45, 7) is 5.94. The number of carboxylic acids is 1. The zero-order valence-electron chi connectivity index (χ0n) is 17.5. The van der Waals surface area contributed by atoms with Gasteiger partial charge in [-0.1, -0.05) is 36.6 Å². The number of carbonyl (C=O) groups excluding carboxylic acids is 2. The number of ether oxygens (including phenoxy) is 1. The van der Waals surface area contributed by atoms with Gasteiger partial charge >= 0.3 is 11.9 Å². The average Bonchev–Trinajstić information content (AvgIpc) is 3.11. The van der Waals surface area contributed by atoms with Crippen molar-refractivity contribution in [1.82, 2.24) is 0 Å². The molecule has 2 atom stereocenters. The van der Waals surface area contributed by atoms with E-state index < -0.39 is 23.8 Å². The number of benzene rings is 1. The monoisotopic (exact) mass is 429 g/mol. The normalized spacial score (nSPS) is 18.6. The van der Waals surface area contributed by atoms with Crippen LogP contribution in [0.2, 0.25) is 0 Å². The number of nitrogens with one attached hydrogen (secondary N) is 1. The van der Waals surface area contributed by atoms with E-state index in [0.29, 0.717) is 29.0 Å². The lowest BCUT2D eigenvalue weighted by Crippen LogP contribution is -2.36. The van der Waals surface area contributed by atoms with Crippen molar-refractivity contribution >= 4 is 34.2 Å². The predicted molar refractivity (Wildman–Crippen MR) is 117 cm³/mol. The lowest BCUT2D eigenvalue weighted by molar-refractivity contribution is -0.147. The molecule has 1 aliphatic carbocycles. The van der Waals surface area contributed by atoms with Crippen molar-refractivity contribution in [1.29, 1.82) is 0 Å². The van der Waals surface area contributed by atoms with E-state index in [9.17, 15) is 19.5 Å². The minimum absolute atomic E-state index is 0.220. The van der Waals surface area contributed by atoms with E-state index in [0.717, 1.165) is 29.5 Å². The number of aryl methyl sites for hydroxylation is 2. The number of rotatable bonds is 6. The van der Waals surface area contributed by atoms with E-state index in [1.807, 2.05) is 37.4 Å². The van der Waals surface area contributed by atoms with Crippen molar-refractivity contribution in [2.24, 2.45) is 11.8 Å². The molecule has 3 rings (SSSR count). The first-order valence-electron chi connectivity index (χ1n) is 10.2. The molecule has 2 N–H and O–H groups in total. The molecule has 30 heavy (non-hydrogen) atoms. The molecule has 1 aliphatic rings. The molecule has 1 saturated carbocycles. The van der Waals surface area contributed by atoms with E-state index in [1.54, 1.807) is 6.92 Å². The van der Waals surface area contributed by atoms with Crippen LogP contribution in [0.4, 0.5) is 5.00 Å². The standard InChI is InChI=1S/C23H27NO5S/c1-4-29-23(28)19-18(15-10-9-13(2)11-14(15)3)12-30-21(19)24-20(25)16-7-5-6-8-17(16)22(26)27/h9-12,16-17H,4-8H2,1-3H3,(H,24,25)(H,26,27)/t16-,17+/m1/s1. The van der Waals surface area contributed by atoms with Gasteiger partial charge in [0, 0.05) is 10.9 Å². The third kappa shape index (κ3) is 4.56. The van der Waals surface area contributed by atoms with Gasteiger partial charge in [-0.2, -0.15) is 0 Å². The molecule has 1 aromatic heterocycles. The Labute approximate surface area is 180 Å². The first-order valence-corrected chi connectivity index (χ1v) is 11.1. The van der Waals surface area contributed by atoms with Crippen LogP contribution in [-0.2, 0) is 14.3 Å². The van der Waals surface area contributed by atoms with Crippen LogP contribution in [0.1, 0.15) is 54.1 Å². The number of thiophene rings is 1. The molecule has 6 nitrogen and oxygen atoms in total. The second kappa shape index (κ2) is 9.43. The molecule has 2 aromatic rings. The highest BCUT2D eigenvalue weighted by atomic mass is 32.1. The van der Waals surface area contributed by atoms with Crippen LogP contribution in [0.15, 0.2) is 23.6 Å². The second-order valence-corrected chi connectivity index (χ2v) is 8.60. The van der Waals surface area contributed by atoms with E-state index in [4.69, 9.17) is 4.74 Å². The fraction of sp³-hybridized carbons (Fsp3) is 0.435. The van der Waals surface area contributed by atoms with Crippen LogP contribution in [0.25, 0.3) is 11.1 Å². The molecular formula is C23H27NO5S. The number of carbonyl (C=O) groups is 3. The first kappa shape index (κ1) is 22.0. The van der Waals surface area contributed by atoms with E-state index in [1.165, 1.54) is 11.3 Å². The number of anilines is 1. The van der Waals surface area contributed by atoms with Crippen LogP contribution >= 0.6 is 11.3 Å². The molecule has 160 valence electrons. The summed E-state index contributed by atoms with van der Waals surface area (Å²) in [5, 5.41) is 14.6. The molecule has 1 fully saturated rings. The summed E-state index contributed by atoms with van der Waals surface area (Å²) >= 11 is 1.26. The van der Waals surface area contributed by atoms with Crippen LogP contribution in [0.3, 0.4) is 0 Å². The summed E-state index contributed by atoms with van der Waals surface area (Å²) in [4.78, 5) is 37.3. The van der Waals surface area contributed by atoms with Crippen LogP contribution < -0.4 is 5.32 Å². The summed E-state index contributed by atoms with van der Waals surface area (Å²) in [6.07, 6.45) is 2.67. The lowest BCUT2D eigenvalue weighted by atomic mass is 9.78. The molecule has 0 saturated heterocycles. The van der Waals surface area contributed by atoms with Gasteiger partial charge in [-0.25, -0.2) is 4.79 Å². The molecular weight excluding hydrogens is 402 g/mol. The topological polar surface area (TPSA) is 92.7 Å². The minimum atomic E-state index is -0.942. The summed E-state index contributed by atoms with van der Waals surface area (Å²) in [5.74, 6) is -3.08. The molecule has 0 radical (unpaired) electrons. The Kier molecular flexibility index (Phi) is 6.92. The highest BCUT2D eigenvalue weighted by Gasteiger charge is 2.36. The van der Waals surface area contributed by atoms with Gasteiger partial charge in [0.1, 0.15) is 10.6 Å². The summed E-state index contributed by atoms with van der Waals surface area (Å²) in [6, 6.07) is 5.98. The Morgan fingerprint density at radius 3 is 2.47 bits per heavy atom. The number of hydrogen-bond acceptors (Lipinski definition) is 5. The third-order valence-electron chi connectivity index (χ3n) is 5.60. The van der Waals surface area contributed by atoms with Gasteiger partial charge < -0.3 is 15.2 Å². The minimum Gasteiger partial charge on any atom is -0.481 e. The first-order chi connectivity index (χ1) is 14.3.